The van der Waals surface area contributed by atoms with E-state index in [2.05, 4.69) is 22.5 Å². The summed E-state index contributed by atoms with van der Waals surface area (Å²) in [5.74, 6) is -0.131. The van der Waals surface area contributed by atoms with Crippen LogP contribution in [-0.2, 0) is 6.54 Å². The lowest BCUT2D eigenvalue weighted by atomic mass is 10.2. The summed E-state index contributed by atoms with van der Waals surface area (Å²) in [5, 5.41) is 7.34. The van der Waals surface area contributed by atoms with Gasteiger partial charge in [0.2, 0.25) is 0 Å². The highest BCUT2D eigenvalue weighted by molar-refractivity contribution is 7.99. The number of nitrogens with zero attached hydrogens (tertiary/aromatic N) is 2. The average Bonchev–Trinajstić information content (AvgIpc) is 2.99. The number of aryl methyl sites for hydroxylation is 2. The fourth-order valence-corrected chi connectivity index (χ4v) is 3.29. The number of anilines is 1. The maximum atomic E-state index is 12.6. The Morgan fingerprint density at radius 3 is 2.54 bits per heavy atom. The highest BCUT2D eigenvalue weighted by Gasteiger charge is 2.15. The summed E-state index contributed by atoms with van der Waals surface area (Å²) in [7, 11) is 0. The lowest BCUT2D eigenvalue weighted by Gasteiger charge is -2.10. The van der Waals surface area contributed by atoms with E-state index >= 15 is 0 Å². The Morgan fingerprint density at radius 2 is 1.83 bits per heavy atom. The van der Waals surface area contributed by atoms with Gasteiger partial charge in [-0.25, -0.2) is 0 Å². The van der Waals surface area contributed by atoms with Crippen LogP contribution in [-0.4, -0.2) is 15.7 Å². The molecule has 0 fully saturated rings. The highest BCUT2D eigenvalue weighted by atomic mass is 32.2. The number of nitrogens with one attached hydrogen (secondary N) is 1. The summed E-state index contributed by atoms with van der Waals surface area (Å²) in [6.45, 7) is 4.60. The Bertz CT molecular complexity index is 843. The van der Waals surface area contributed by atoms with Gasteiger partial charge in [-0.15, -0.1) is 0 Å². The van der Waals surface area contributed by atoms with Crippen LogP contribution < -0.4 is 5.32 Å². The molecule has 122 valence electrons. The first-order valence-electron chi connectivity index (χ1n) is 7.84. The molecule has 0 unspecified atom stereocenters. The summed E-state index contributed by atoms with van der Waals surface area (Å²) < 4.78 is 1.77. The second-order valence-corrected chi connectivity index (χ2v) is 6.46. The van der Waals surface area contributed by atoms with E-state index in [9.17, 15) is 4.79 Å². The van der Waals surface area contributed by atoms with Crippen LogP contribution in [0.25, 0.3) is 0 Å². The Morgan fingerprint density at radius 1 is 1.12 bits per heavy atom. The van der Waals surface area contributed by atoms with Crippen molar-refractivity contribution in [2.75, 3.05) is 5.32 Å². The van der Waals surface area contributed by atoms with Gasteiger partial charge in [0.15, 0.2) is 0 Å². The number of rotatable bonds is 5. The quantitative estimate of drug-likeness (QED) is 0.739. The minimum atomic E-state index is -0.131. The smallest absolute Gasteiger partial charge is 0.259 e. The average molecular weight is 337 g/mol. The molecule has 3 rings (SSSR count). The number of para-hydroxylation sites is 1. The van der Waals surface area contributed by atoms with Crippen molar-refractivity contribution in [1.29, 1.82) is 0 Å². The van der Waals surface area contributed by atoms with Gasteiger partial charge >= 0.3 is 0 Å². The van der Waals surface area contributed by atoms with Gasteiger partial charge in [-0.2, -0.15) is 5.10 Å². The molecule has 0 saturated heterocycles. The molecule has 0 bridgehead atoms. The number of aromatic nitrogens is 2. The van der Waals surface area contributed by atoms with Gasteiger partial charge in [-0.05, 0) is 38.1 Å². The molecule has 1 aromatic heterocycles. The van der Waals surface area contributed by atoms with Crippen LogP contribution >= 0.6 is 11.8 Å². The summed E-state index contributed by atoms with van der Waals surface area (Å²) >= 11 is 1.63. The fraction of sp³-hybridized carbons (Fsp3) is 0.158. The predicted octanol–water partition coefficient (Wildman–Crippen LogP) is 4.61. The van der Waals surface area contributed by atoms with Gasteiger partial charge < -0.3 is 5.32 Å². The van der Waals surface area contributed by atoms with Gasteiger partial charge in [0, 0.05) is 22.5 Å². The van der Waals surface area contributed by atoms with Crippen LogP contribution in [0.3, 0.4) is 0 Å². The molecule has 0 atom stereocenters. The molecular formula is C19H19N3OS. The van der Waals surface area contributed by atoms with Gasteiger partial charge in [0.1, 0.15) is 0 Å². The van der Waals surface area contributed by atoms with E-state index < -0.39 is 0 Å². The Labute approximate surface area is 145 Å². The van der Waals surface area contributed by atoms with Gasteiger partial charge in [-0.1, -0.05) is 42.1 Å². The van der Waals surface area contributed by atoms with Crippen molar-refractivity contribution < 1.29 is 4.79 Å². The fourth-order valence-electron chi connectivity index (χ4n) is 2.37. The molecule has 0 saturated carbocycles. The maximum absolute atomic E-state index is 12.6. The van der Waals surface area contributed by atoms with E-state index in [0.29, 0.717) is 5.56 Å². The van der Waals surface area contributed by atoms with Crippen molar-refractivity contribution in [3.63, 3.8) is 0 Å². The number of hydrogen-bond donors (Lipinski definition) is 1. The van der Waals surface area contributed by atoms with Crippen LogP contribution in [0.1, 0.15) is 23.0 Å². The SMILES string of the molecule is CCn1cc(C(=O)Nc2ccccc2Sc2ccccc2)c(C)n1. The topological polar surface area (TPSA) is 46.9 Å². The third kappa shape index (κ3) is 3.68. The number of amides is 1. The van der Waals surface area contributed by atoms with Crippen molar-refractivity contribution in [1.82, 2.24) is 9.78 Å². The van der Waals surface area contributed by atoms with Crippen LogP contribution in [0.2, 0.25) is 0 Å². The maximum Gasteiger partial charge on any atom is 0.259 e. The molecule has 2 aromatic carbocycles. The Balaban J connectivity index is 1.82. The first-order valence-corrected chi connectivity index (χ1v) is 8.66. The first kappa shape index (κ1) is 16.3. The zero-order valence-electron chi connectivity index (χ0n) is 13.7. The van der Waals surface area contributed by atoms with Gasteiger partial charge in [0.25, 0.3) is 5.91 Å². The normalized spacial score (nSPS) is 10.6. The van der Waals surface area contributed by atoms with Gasteiger partial charge in [-0.3, -0.25) is 9.48 Å². The van der Waals surface area contributed by atoms with Crippen LogP contribution in [0.5, 0.6) is 0 Å². The molecule has 1 N–H and O–H groups in total. The predicted molar refractivity (Wildman–Crippen MR) is 97.6 cm³/mol. The van der Waals surface area contributed by atoms with Crippen molar-refractivity contribution in [3.8, 4) is 0 Å². The van der Waals surface area contributed by atoms with E-state index in [1.54, 1.807) is 22.6 Å². The second kappa shape index (κ2) is 7.36. The summed E-state index contributed by atoms with van der Waals surface area (Å²) in [6.07, 6.45) is 1.79. The number of carbonyl (C=O) groups is 1. The van der Waals surface area contributed by atoms with Crippen molar-refractivity contribution in [2.45, 2.75) is 30.2 Å². The van der Waals surface area contributed by atoms with Crippen LogP contribution in [0.4, 0.5) is 5.69 Å². The molecule has 1 amide bonds. The van der Waals surface area contributed by atoms with E-state index in [1.165, 1.54) is 0 Å². The third-order valence-electron chi connectivity index (χ3n) is 3.62. The summed E-state index contributed by atoms with van der Waals surface area (Å²) in [4.78, 5) is 14.7. The summed E-state index contributed by atoms with van der Waals surface area (Å²) in [6, 6.07) is 17.9. The molecule has 5 heteroatoms. The molecule has 0 aliphatic carbocycles. The Hall–Kier alpha value is -2.53. The number of benzene rings is 2. The monoisotopic (exact) mass is 337 g/mol. The van der Waals surface area contributed by atoms with Crippen molar-refractivity contribution in [2.24, 2.45) is 0 Å². The highest BCUT2D eigenvalue weighted by Crippen LogP contribution is 2.33. The second-order valence-electron chi connectivity index (χ2n) is 5.35. The van der Waals surface area contributed by atoms with Crippen molar-refractivity contribution in [3.05, 3.63) is 72.1 Å². The van der Waals surface area contributed by atoms with E-state index in [0.717, 1.165) is 27.7 Å². The molecule has 24 heavy (non-hydrogen) atoms. The van der Waals surface area contributed by atoms with E-state index in [-0.39, 0.29) is 5.91 Å². The molecule has 1 heterocycles. The zero-order chi connectivity index (χ0) is 16.9. The lowest BCUT2D eigenvalue weighted by Crippen LogP contribution is -2.13. The number of hydrogen-bond acceptors (Lipinski definition) is 3. The minimum absolute atomic E-state index is 0.131. The number of carbonyl (C=O) groups excluding carboxylic acids is 1. The molecule has 4 nitrogen and oxygen atoms in total. The molecular weight excluding hydrogens is 318 g/mol. The van der Waals surface area contributed by atoms with Crippen LogP contribution in [0.15, 0.2) is 70.6 Å². The lowest BCUT2D eigenvalue weighted by molar-refractivity contribution is 0.102. The molecule has 0 radical (unpaired) electrons. The summed E-state index contributed by atoms with van der Waals surface area (Å²) in [5.41, 5.74) is 2.15. The zero-order valence-corrected chi connectivity index (χ0v) is 14.5. The van der Waals surface area contributed by atoms with E-state index in [1.807, 2.05) is 56.3 Å². The molecule has 0 aliphatic rings. The molecule has 0 aliphatic heterocycles. The minimum Gasteiger partial charge on any atom is -0.321 e. The standard InChI is InChI=1S/C19H19N3OS/c1-3-22-13-16(14(2)21-22)19(23)20-17-11-7-8-12-18(17)24-15-9-5-4-6-10-15/h4-13H,3H2,1-2H3,(H,20,23). The Kier molecular flexibility index (Phi) is 5.01. The van der Waals surface area contributed by atoms with Crippen molar-refractivity contribution >= 4 is 23.4 Å². The van der Waals surface area contributed by atoms with Gasteiger partial charge in [0.05, 0.1) is 16.9 Å². The first-order chi connectivity index (χ1) is 11.7. The largest absolute Gasteiger partial charge is 0.321 e. The third-order valence-corrected chi connectivity index (χ3v) is 4.71. The molecule has 0 spiro atoms. The van der Waals surface area contributed by atoms with E-state index in [4.69, 9.17) is 0 Å². The molecule has 3 aromatic rings. The van der Waals surface area contributed by atoms with Crippen LogP contribution in [0, 0.1) is 6.92 Å².